The highest BCUT2D eigenvalue weighted by Crippen LogP contribution is 2.27. The standard InChI is InChI=1S/C11H9N7/c1-6-9-11(10-7(14-9)3-2-4-12-10)18(16-6)8-5-13-17-15-8/h2-5,14H,1H3,(H,13,15,17)/i1D3. The second-order valence-electron chi connectivity index (χ2n) is 3.85. The van der Waals surface area contributed by atoms with E-state index in [1.165, 1.54) is 10.9 Å². The van der Waals surface area contributed by atoms with E-state index in [1.54, 1.807) is 12.3 Å². The predicted molar refractivity (Wildman–Crippen MR) is 65.4 cm³/mol. The summed E-state index contributed by atoms with van der Waals surface area (Å²) < 4.78 is 24.4. The summed E-state index contributed by atoms with van der Waals surface area (Å²) in [6.07, 6.45) is 3.12. The maximum Gasteiger partial charge on any atom is 0.170 e. The molecule has 0 aromatic carbocycles. The first-order valence-electron chi connectivity index (χ1n) is 6.78. The minimum absolute atomic E-state index is 0.00917. The van der Waals surface area contributed by atoms with Crippen LogP contribution in [0.3, 0.4) is 0 Å². The topological polar surface area (TPSA) is 88.1 Å². The van der Waals surface area contributed by atoms with Crippen molar-refractivity contribution in [2.45, 2.75) is 6.85 Å². The second kappa shape index (κ2) is 3.16. The van der Waals surface area contributed by atoms with Gasteiger partial charge in [0, 0.05) is 10.3 Å². The summed E-state index contributed by atoms with van der Waals surface area (Å²) in [5.74, 6) is 0.474. The zero-order valence-corrected chi connectivity index (χ0v) is 9.05. The van der Waals surface area contributed by atoms with E-state index in [4.69, 9.17) is 4.11 Å². The van der Waals surface area contributed by atoms with Gasteiger partial charge in [-0.25, -0.2) is 9.78 Å². The summed E-state index contributed by atoms with van der Waals surface area (Å²) in [5.41, 5.74) is 2.41. The quantitative estimate of drug-likeness (QED) is 0.527. The minimum Gasteiger partial charge on any atom is -0.350 e. The summed E-state index contributed by atoms with van der Waals surface area (Å²) in [6, 6.07) is 3.61. The first-order chi connectivity index (χ1) is 10.1. The molecule has 0 aliphatic heterocycles. The average molecular weight is 242 g/mol. The van der Waals surface area contributed by atoms with E-state index in [9.17, 15) is 0 Å². The van der Waals surface area contributed by atoms with Gasteiger partial charge in [-0.3, -0.25) is 4.98 Å². The largest absolute Gasteiger partial charge is 0.350 e. The van der Waals surface area contributed by atoms with E-state index < -0.39 is 6.85 Å². The molecule has 0 atom stereocenters. The van der Waals surface area contributed by atoms with Gasteiger partial charge in [0.05, 0.1) is 22.9 Å². The number of hydrogen-bond acceptors (Lipinski definition) is 4. The van der Waals surface area contributed by atoms with Gasteiger partial charge in [-0.2, -0.15) is 5.10 Å². The molecule has 0 saturated carbocycles. The fourth-order valence-electron chi connectivity index (χ4n) is 2.05. The van der Waals surface area contributed by atoms with Gasteiger partial charge in [-0.15, -0.1) is 5.10 Å². The maximum absolute atomic E-state index is 7.64. The van der Waals surface area contributed by atoms with Crippen LogP contribution in [0, 0.1) is 6.85 Å². The molecule has 0 fully saturated rings. The van der Waals surface area contributed by atoms with Crippen molar-refractivity contribution < 1.29 is 4.11 Å². The van der Waals surface area contributed by atoms with Crippen LogP contribution in [-0.2, 0) is 0 Å². The predicted octanol–water partition coefficient (Wildman–Crippen LogP) is 1.33. The van der Waals surface area contributed by atoms with E-state index in [2.05, 4.69) is 30.5 Å². The number of pyridine rings is 1. The van der Waals surface area contributed by atoms with Crippen LogP contribution in [0.1, 0.15) is 9.81 Å². The summed E-state index contributed by atoms with van der Waals surface area (Å²) >= 11 is 0. The molecule has 2 N–H and O–H groups in total. The molecule has 0 radical (unpaired) electrons. The Morgan fingerprint density at radius 2 is 2.44 bits per heavy atom. The lowest BCUT2D eigenvalue weighted by molar-refractivity contribution is 0.838. The smallest absolute Gasteiger partial charge is 0.170 e. The number of nitrogens with zero attached hydrogens (tertiary/aromatic N) is 5. The maximum atomic E-state index is 7.64. The number of fused-ring (bicyclic) bond motifs is 3. The Hall–Kier alpha value is -2.70. The first kappa shape index (κ1) is 6.90. The van der Waals surface area contributed by atoms with Crippen molar-refractivity contribution in [2.75, 3.05) is 0 Å². The molecule has 0 amide bonds. The number of aromatic amines is 2. The number of rotatable bonds is 1. The first-order valence-corrected chi connectivity index (χ1v) is 5.28. The molecular formula is C11H9N7. The Morgan fingerprint density at radius 3 is 3.28 bits per heavy atom. The van der Waals surface area contributed by atoms with E-state index in [1.807, 2.05) is 6.07 Å². The molecule has 88 valence electrons. The van der Waals surface area contributed by atoms with Crippen molar-refractivity contribution >= 4 is 22.1 Å². The lowest BCUT2D eigenvalue weighted by Gasteiger charge is -1.96. The van der Waals surface area contributed by atoms with E-state index in [-0.39, 0.29) is 5.69 Å². The third-order valence-corrected chi connectivity index (χ3v) is 2.81. The summed E-state index contributed by atoms with van der Waals surface area (Å²) in [4.78, 5) is 7.38. The van der Waals surface area contributed by atoms with Crippen LogP contribution >= 0.6 is 0 Å². The molecule has 7 heteroatoms. The number of nitrogens with one attached hydrogen (secondary N) is 2. The molecule has 7 nitrogen and oxygen atoms in total. The van der Waals surface area contributed by atoms with Crippen molar-refractivity contribution in [3.63, 3.8) is 0 Å². The fraction of sp³-hybridized carbons (Fsp3) is 0.0909. The monoisotopic (exact) mass is 242 g/mol. The van der Waals surface area contributed by atoms with Crippen LogP contribution < -0.4 is 0 Å². The van der Waals surface area contributed by atoms with Crippen LogP contribution in [0.25, 0.3) is 27.9 Å². The summed E-state index contributed by atoms with van der Waals surface area (Å²) in [6.45, 7) is -2.34. The normalized spacial score (nSPS) is 14.8. The molecule has 0 aliphatic rings. The van der Waals surface area contributed by atoms with Crippen molar-refractivity contribution in [1.29, 1.82) is 0 Å². The van der Waals surface area contributed by atoms with Crippen LogP contribution in [0.15, 0.2) is 24.5 Å². The van der Waals surface area contributed by atoms with Gasteiger partial charge in [-0.1, -0.05) is 5.21 Å². The number of H-pyrrole nitrogens is 2. The second-order valence-corrected chi connectivity index (χ2v) is 3.85. The van der Waals surface area contributed by atoms with Gasteiger partial charge in [-0.05, 0) is 19.0 Å². The highest BCUT2D eigenvalue weighted by atomic mass is 15.4. The SMILES string of the molecule is [2H]C([2H])([2H])c1nn(-c2cnn[nH]2)c2c1[nH]c1cccnc12. The van der Waals surface area contributed by atoms with E-state index >= 15 is 0 Å². The van der Waals surface area contributed by atoms with Gasteiger partial charge in [0.1, 0.15) is 11.0 Å². The molecule has 0 saturated heterocycles. The Balaban J connectivity index is 2.18. The number of aryl methyl sites for hydroxylation is 1. The molecule has 4 rings (SSSR count). The van der Waals surface area contributed by atoms with Gasteiger partial charge in [0.2, 0.25) is 0 Å². The Labute approximate surface area is 105 Å². The molecule has 0 unspecified atom stereocenters. The molecule has 0 spiro atoms. The fourth-order valence-corrected chi connectivity index (χ4v) is 2.05. The highest BCUT2D eigenvalue weighted by molar-refractivity contribution is 6.04. The molecule has 0 bridgehead atoms. The van der Waals surface area contributed by atoms with Crippen LogP contribution in [0.4, 0.5) is 0 Å². The molecule has 18 heavy (non-hydrogen) atoms. The Kier molecular flexibility index (Phi) is 1.21. The summed E-state index contributed by atoms with van der Waals surface area (Å²) in [7, 11) is 0. The third kappa shape index (κ3) is 1.07. The van der Waals surface area contributed by atoms with E-state index in [0.29, 0.717) is 22.4 Å². The molecular weight excluding hydrogens is 230 g/mol. The zero-order valence-electron chi connectivity index (χ0n) is 12.0. The number of hydrogen-bond donors (Lipinski definition) is 2. The molecule has 4 aromatic heterocycles. The number of aromatic nitrogens is 7. The Morgan fingerprint density at radius 1 is 1.44 bits per heavy atom. The molecule has 4 aromatic rings. The van der Waals surface area contributed by atoms with Crippen LogP contribution in [0.2, 0.25) is 0 Å². The minimum atomic E-state index is -2.34. The van der Waals surface area contributed by atoms with Gasteiger partial charge >= 0.3 is 0 Å². The van der Waals surface area contributed by atoms with Crippen LogP contribution in [0.5, 0.6) is 0 Å². The van der Waals surface area contributed by atoms with E-state index in [0.717, 1.165) is 5.52 Å². The van der Waals surface area contributed by atoms with Crippen molar-refractivity contribution in [1.82, 2.24) is 35.2 Å². The highest BCUT2D eigenvalue weighted by Gasteiger charge is 2.16. The van der Waals surface area contributed by atoms with Crippen molar-refractivity contribution in [2.24, 2.45) is 0 Å². The van der Waals surface area contributed by atoms with Crippen molar-refractivity contribution in [3.05, 3.63) is 30.2 Å². The molecule has 0 aliphatic carbocycles. The van der Waals surface area contributed by atoms with Gasteiger partial charge in [0.25, 0.3) is 0 Å². The lowest BCUT2D eigenvalue weighted by Crippen LogP contribution is -1.97. The average Bonchev–Trinajstić information content (AvgIpc) is 3.12. The van der Waals surface area contributed by atoms with Crippen molar-refractivity contribution in [3.8, 4) is 5.82 Å². The third-order valence-electron chi connectivity index (χ3n) is 2.81. The summed E-state index contributed by atoms with van der Waals surface area (Å²) in [5, 5.41) is 14.2. The van der Waals surface area contributed by atoms with Crippen LogP contribution in [-0.4, -0.2) is 35.2 Å². The van der Waals surface area contributed by atoms with Gasteiger partial charge < -0.3 is 4.98 Å². The Bertz CT molecular complexity index is 932. The van der Waals surface area contributed by atoms with Gasteiger partial charge in [0.15, 0.2) is 5.82 Å². The zero-order chi connectivity index (χ0) is 14.6. The lowest BCUT2D eigenvalue weighted by atomic mass is 10.3. The molecule has 4 heterocycles.